The molecule has 0 aromatic carbocycles. The third-order valence-electron chi connectivity index (χ3n) is 3.49. The molecule has 2 amide bonds. The quantitative estimate of drug-likeness (QED) is 0.674. The third-order valence-corrected chi connectivity index (χ3v) is 3.88. The fourth-order valence-corrected chi connectivity index (χ4v) is 2.44. The maximum Gasteiger partial charge on any atom is 0.315 e. The van der Waals surface area contributed by atoms with Crippen LogP contribution in [0.2, 0.25) is 0 Å². The first-order valence-corrected chi connectivity index (χ1v) is 6.77. The summed E-state index contributed by atoms with van der Waals surface area (Å²) in [4.78, 5) is 12.1. The lowest BCUT2D eigenvalue weighted by Gasteiger charge is -2.39. The van der Waals surface area contributed by atoms with Crippen LogP contribution in [0.3, 0.4) is 0 Å². The van der Waals surface area contributed by atoms with Crippen LogP contribution in [0.1, 0.15) is 46.0 Å². The zero-order valence-corrected chi connectivity index (χ0v) is 11.5. The van der Waals surface area contributed by atoms with Crippen molar-refractivity contribution in [1.82, 2.24) is 10.6 Å². The first-order valence-electron chi connectivity index (χ1n) is 6.36. The number of amides is 2. The lowest BCUT2D eigenvalue weighted by Crippen LogP contribution is -2.60. The number of nitrogens with one attached hydrogen (secondary N) is 2. The Labute approximate surface area is 109 Å². The van der Waals surface area contributed by atoms with E-state index in [0.717, 1.165) is 32.1 Å². The lowest BCUT2D eigenvalue weighted by atomic mass is 9.77. The van der Waals surface area contributed by atoms with Crippen molar-refractivity contribution in [2.75, 3.05) is 6.54 Å². The fourth-order valence-electron chi connectivity index (χ4n) is 2.19. The van der Waals surface area contributed by atoms with Crippen molar-refractivity contribution < 1.29 is 4.79 Å². The van der Waals surface area contributed by atoms with Gasteiger partial charge in [0.2, 0.25) is 0 Å². The molecule has 0 aliphatic heterocycles. The standard InChI is InChI=1S/C12H23N3OS/c1-3-8-14-11(16)15-12(10(13)17)6-4-9(2)5-7-12/h9H,3-8H2,1-2H3,(H2,13,17)(H2,14,15,16). The highest BCUT2D eigenvalue weighted by Gasteiger charge is 2.38. The van der Waals surface area contributed by atoms with Gasteiger partial charge in [-0.25, -0.2) is 4.79 Å². The molecule has 1 aliphatic carbocycles. The molecule has 1 aliphatic rings. The van der Waals surface area contributed by atoms with Crippen LogP contribution in [-0.2, 0) is 0 Å². The van der Waals surface area contributed by atoms with Gasteiger partial charge in [0.05, 0.1) is 10.5 Å². The molecule has 0 aromatic rings. The summed E-state index contributed by atoms with van der Waals surface area (Å²) in [6, 6.07) is -0.158. The molecule has 1 saturated carbocycles. The zero-order valence-electron chi connectivity index (χ0n) is 10.7. The number of hydrogen-bond donors (Lipinski definition) is 3. The van der Waals surface area contributed by atoms with Gasteiger partial charge in [0.25, 0.3) is 0 Å². The molecule has 0 heterocycles. The van der Waals surface area contributed by atoms with Crippen molar-refractivity contribution in [2.45, 2.75) is 51.5 Å². The van der Waals surface area contributed by atoms with Gasteiger partial charge in [-0.2, -0.15) is 0 Å². The Morgan fingerprint density at radius 2 is 2.06 bits per heavy atom. The van der Waals surface area contributed by atoms with Crippen molar-refractivity contribution in [2.24, 2.45) is 11.7 Å². The minimum Gasteiger partial charge on any atom is -0.391 e. The molecule has 5 heteroatoms. The number of carbonyl (C=O) groups is 1. The number of carbonyl (C=O) groups excluding carboxylic acids is 1. The monoisotopic (exact) mass is 257 g/mol. The van der Waals surface area contributed by atoms with Crippen LogP contribution in [-0.4, -0.2) is 23.1 Å². The highest BCUT2D eigenvalue weighted by Crippen LogP contribution is 2.32. The summed E-state index contributed by atoms with van der Waals surface area (Å²) in [7, 11) is 0. The summed E-state index contributed by atoms with van der Waals surface area (Å²) in [5, 5.41) is 5.78. The summed E-state index contributed by atoms with van der Waals surface area (Å²) in [6.45, 7) is 4.92. The molecule has 98 valence electrons. The fraction of sp³-hybridized carbons (Fsp3) is 0.833. The normalized spacial score (nSPS) is 28.5. The van der Waals surface area contributed by atoms with Gasteiger partial charge in [-0.15, -0.1) is 0 Å². The van der Waals surface area contributed by atoms with Gasteiger partial charge in [0, 0.05) is 6.54 Å². The minimum atomic E-state index is -0.473. The number of rotatable bonds is 4. The molecule has 0 bridgehead atoms. The molecule has 0 unspecified atom stereocenters. The number of thiocarbonyl (C=S) groups is 1. The Morgan fingerprint density at radius 3 is 2.53 bits per heavy atom. The molecule has 0 aromatic heterocycles. The first kappa shape index (κ1) is 14.2. The van der Waals surface area contributed by atoms with Crippen molar-refractivity contribution in [3.63, 3.8) is 0 Å². The Kier molecular flexibility index (Phi) is 5.18. The Morgan fingerprint density at radius 1 is 1.47 bits per heavy atom. The molecule has 1 fully saturated rings. The van der Waals surface area contributed by atoms with Crippen molar-refractivity contribution in [3.05, 3.63) is 0 Å². The van der Waals surface area contributed by atoms with Crippen LogP contribution in [0.15, 0.2) is 0 Å². The number of urea groups is 1. The smallest absolute Gasteiger partial charge is 0.315 e. The Balaban J connectivity index is 2.60. The summed E-state index contributed by atoms with van der Waals surface area (Å²) >= 11 is 5.13. The molecular weight excluding hydrogens is 234 g/mol. The number of hydrogen-bond acceptors (Lipinski definition) is 2. The third kappa shape index (κ3) is 3.84. The molecule has 17 heavy (non-hydrogen) atoms. The van der Waals surface area contributed by atoms with Crippen LogP contribution in [0.4, 0.5) is 4.79 Å². The average Bonchev–Trinajstić information content (AvgIpc) is 2.29. The molecule has 0 atom stereocenters. The topological polar surface area (TPSA) is 67.2 Å². The zero-order chi connectivity index (χ0) is 12.9. The lowest BCUT2D eigenvalue weighted by molar-refractivity contribution is 0.216. The van der Waals surface area contributed by atoms with E-state index in [1.807, 2.05) is 6.92 Å². The van der Waals surface area contributed by atoms with Crippen LogP contribution in [0.25, 0.3) is 0 Å². The molecule has 4 nitrogen and oxygen atoms in total. The predicted octanol–water partition coefficient (Wildman–Crippen LogP) is 1.93. The van der Waals surface area contributed by atoms with E-state index in [0.29, 0.717) is 17.5 Å². The van der Waals surface area contributed by atoms with Gasteiger partial charge >= 0.3 is 6.03 Å². The van der Waals surface area contributed by atoms with E-state index in [2.05, 4.69) is 17.6 Å². The van der Waals surface area contributed by atoms with Crippen LogP contribution < -0.4 is 16.4 Å². The van der Waals surface area contributed by atoms with Gasteiger partial charge in [0.15, 0.2) is 0 Å². The predicted molar refractivity (Wildman–Crippen MR) is 74.0 cm³/mol. The summed E-state index contributed by atoms with van der Waals surface area (Å²) in [5.41, 5.74) is 5.34. The van der Waals surface area contributed by atoms with Crippen LogP contribution >= 0.6 is 12.2 Å². The summed E-state index contributed by atoms with van der Waals surface area (Å²) < 4.78 is 0. The van der Waals surface area contributed by atoms with Crippen LogP contribution in [0.5, 0.6) is 0 Å². The van der Waals surface area contributed by atoms with Gasteiger partial charge in [-0.1, -0.05) is 26.1 Å². The molecule has 4 N–H and O–H groups in total. The van der Waals surface area contributed by atoms with Crippen molar-refractivity contribution >= 4 is 23.2 Å². The number of nitrogens with two attached hydrogens (primary N) is 1. The molecule has 0 radical (unpaired) electrons. The van der Waals surface area contributed by atoms with E-state index >= 15 is 0 Å². The van der Waals surface area contributed by atoms with E-state index in [9.17, 15) is 4.79 Å². The second kappa shape index (κ2) is 6.19. The van der Waals surface area contributed by atoms with Gasteiger partial charge < -0.3 is 16.4 Å². The first-order chi connectivity index (χ1) is 8.00. The van der Waals surface area contributed by atoms with Crippen molar-refractivity contribution in [3.8, 4) is 0 Å². The largest absolute Gasteiger partial charge is 0.391 e. The van der Waals surface area contributed by atoms with Crippen molar-refractivity contribution in [1.29, 1.82) is 0 Å². The van der Waals surface area contributed by atoms with Gasteiger partial charge in [-0.05, 0) is 38.0 Å². The Bertz CT molecular complexity index is 285. The second-order valence-electron chi connectivity index (χ2n) is 5.01. The molecule has 0 spiro atoms. The summed E-state index contributed by atoms with van der Waals surface area (Å²) in [6.07, 6.45) is 4.74. The minimum absolute atomic E-state index is 0.158. The maximum absolute atomic E-state index is 11.7. The second-order valence-corrected chi connectivity index (χ2v) is 5.45. The summed E-state index contributed by atoms with van der Waals surface area (Å²) in [5.74, 6) is 0.693. The SMILES string of the molecule is CCCNC(=O)NC1(C(N)=S)CCC(C)CC1. The Hall–Kier alpha value is -0.840. The highest BCUT2D eigenvalue weighted by atomic mass is 32.1. The maximum atomic E-state index is 11.7. The highest BCUT2D eigenvalue weighted by molar-refractivity contribution is 7.80. The molecule has 1 rings (SSSR count). The van der Waals surface area contributed by atoms with Crippen LogP contribution in [0, 0.1) is 5.92 Å². The van der Waals surface area contributed by atoms with E-state index in [4.69, 9.17) is 18.0 Å². The van der Waals surface area contributed by atoms with E-state index in [1.165, 1.54) is 0 Å². The van der Waals surface area contributed by atoms with E-state index in [-0.39, 0.29) is 6.03 Å². The van der Waals surface area contributed by atoms with E-state index < -0.39 is 5.54 Å². The van der Waals surface area contributed by atoms with E-state index in [1.54, 1.807) is 0 Å². The van der Waals surface area contributed by atoms with Gasteiger partial charge in [-0.3, -0.25) is 0 Å². The van der Waals surface area contributed by atoms with Gasteiger partial charge in [0.1, 0.15) is 0 Å². The average molecular weight is 257 g/mol. The molecular formula is C12H23N3OS. The molecule has 0 saturated heterocycles.